The van der Waals surface area contributed by atoms with Crippen LogP contribution in [0.25, 0.3) is 0 Å². The van der Waals surface area contributed by atoms with Crippen molar-refractivity contribution < 1.29 is 23.6 Å². The molecule has 0 saturated carbocycles. The fourth-order valence-electron chi connectivity index (χ4n) is 2.49. The van der Waals surface area contributed by atoms with E-state index < -0.39 is 23.9 Å². The Hall–Kier alpha value is -2.54. The lowest BCUT2D eigenvalue weighted by molar-refractivity contribution is -0.158. The quantitative estimate of drug-likeness (QED) is 0.839. The van der Waals surface area contributed by atoms with Crippen LogP contribution >= 0.6 is 11.6 Å². The zero-order chi connectivity index (χ0) is 18.0. The van der Waals surface area contributed by atoms with Crippen LogP contribution in [0.1, 0.15) is 18.2 Å². The molecule has 2 heterocycles. The monoisotopic (exact) mass is 364 g/mol. The number of ether oxygens (including phenoxy) is 2. The average Bonchev–Trinajstić information content (AvgIpc) is 2.98. The van der Waals surface area contributed by atoms with Crippen LogP contribution in [-0.2, 0) is 20.7 Å². The molecule has 0 bridgehead atoms. The van der Waals surface area contributed by atoms with Crippen LogP contribution in [0, 0.1) is 12.8 Å². The molecular weight excluding hydrogens is 348 g/mol. The summed E-state index contributed by atoms with van der Waals surface area (Å²) in [7, 11) is 0. The van der Waals surface area contributed by atoms with Gasteiger partial charge in [-0.15, -0.1) is 0 Å². The Morgan fingerprint density at radius 3 is 2.92 bits per heavy atom. The number of halogens is 1. The van der Waals surface area contributed by atoms with Crippen molar-refractivity contribution in [2.24, 2.45) is 5.92 Å². The number of aryl methyl sites for hydroxylation is 1. The molecule has 1 aromatic carbocycles. The first kappa shape index (κ1) is 17.3. The van der Waals surface area contributed by atoms with Gasteiger partial charge in [-0.05, 0) is 44.0 Å². The lowest BCUT2D eigenvalue weighted by Gasteiger charge is -2.25. The number of nitrogens with one attached hydrogen (secondary N) is 1. The molecule has 0 spiro atoms. The molecule has 25 heavy (non-hydrogen) atoms. The molecule has 1 aliphatic rings. The normalized spacial score (nSPS) is 17.2. The highest BCUT2D eigenvalue weighted by atomic mass is 35.5. The molecule has 2 atom stereocenters. The van der Waals surface area contributed by atoms with E-state index in [2.05, 4.69) is 10.5 Å². The number of hydrogen-bond acceptors (Lipinski definition) is 6. The van der Waals surface area contributed by atoms with E-state index in [9.17, 15) is 9.59 Å². The Morgan fingerprint density at radius 2 is 2.20 bits per heavy atom. The summed E-state index contributed by atoms with van der Waals surface area (Å²) >= 11 is 5.97. The van der Waals surface area contributed by atoms with E-state index >= 15 is 0 Å². The van der Waals surface area contributed by atoms with E-state index in [1.807, 2.05) is 0 Å². The molecule has 1 amide bonds. The maximum Gasteiger partial charge on any atom is 0.313 e. The van der Waals surface area contributed by atoms with Gasteiger partial charge in [-0.3, -0.25) is 9.59 Å². The lowest BCUT2D eigenvalue weighted by Crippen LogP contribution is -2.36. The van der Waals surface area contributed by atoms with Crippen molar-refractivity contribution in [3.05, 3.63) is 40.6 Å². The molecule has 0 aliphatic carbocycles. The molecule has 8 heteroatoms. The van der Waals surface area contributed by atoms with Crippen LogP contribution in [0.3, 0.4) is 0 Å². The zero-order valence-corrected chi connectivity index (χ0v) is 14.5. The Balaban J connectivity index is 1.57. The molecule has 2 aromatic rings. The van der Waals surface area contributed by atoms with Crippen molar-refractivity contribution in [3.8, 4) is 5.75 Å². The summed E-state index contributed by atoms with van der Waals surface area (Å²) in [4.78, 5) is 24.4. The van der Waals surface area contributed by atoms with Gasteiger partial charge in [0, 0.05) is 11.1 Å². The number of nitrogens with zero attached hydrogens (tertiary/aromatic N) is 1. The molecule has 1 aromatic heterocycles. The van der Waals surface area contributed by atoms with Crippen molar-refractivity contribution in [2.75, 3.05) is 11.9 Å². The van der Waals surface area contributed by atoms with Gasteiger partial charge in [-0.2, -0.15) is 0 Å². The van der Waals surface area contributed by atoms with Crippen molar-refractivity contribution >= 4 is 29.3 Å². The maximum absolute atomic E-state index is 12.3. The molecule has 3 rings (SSSR count). The maximum atomic E-state index is 12.3. The van der Waals surface area contributed by atoms with Gasteiger partial charge < -0.3 is 19.3 Å². The van der Waals surface area contributed by atoms with Gasteiger partial charge in [-0.25, -0.2) is 0 Å². The second kappa shape index (κ2) is 7.14. The number of fused-ring (bicyclic) bond motifs is 1. The van der Waals surface area contributed by atoms with Gasteiger partial charge >= 0.3 is 5.97 Å². The fraction of sp³-hybridized carbons (Fsp3) is 0.353. The predicted molar refractivity (Wildman–Crippen MR) is 89.6 cm³/mol. The molecule has 0 radical (unpaired) electrons. The first-order valence-electron chi connectivity index (χ1n) is 7.78. The molecule has 2 unspecified atom stereocenters. The average molecular weight is 365 g/mol. The summed E-state index contributed by atoms with van der Waals surface area (Å²) in [5, 5.41) is 6.76. The molecule has 1 N–H and O–H groups in total. The molecule has 0 fully saturated rings. The smallest absolute Gasteiger partial charge is 0.313 e. The minimum Gasteiger partial charge on any atom is -0.492 e. The summed E-state index contributed by atoms with van der Waals surface area (Å²) in [6.45, 7) is 3.40. The van der Waals surface area contributed by atoms with Crippen LogP contribution in [0.2, 0.25) is 5.02 Å². The standard InChI is InChI=1S/C17H17ClN2O5/c1-9-5-15(20-25-9)19-16(21)10(2)24-17(22)12-6-11-7-13(18)3-4-14(11)23-8-12/h3-5,7,10,12H,6,8H2,1-2H3,(H,19,20,21). The zero-order valence-electron chi connectivity index (χ0n) is 13.7. The minimum absolute atomic E-state index is 0.199. The largest absolute Gasteiger partial charge is 0.492 e. The highest BCUT2D eigenvalue weighted by Crippen LogP contribution is 2.30. The first-order chi connectivity index (χ1) is 11.9. The summed E-state index contributed by atoms with van der Waals surface area (Å²) in [5.41, 5.74) is 0.843. The number of rotatable bonds is 4. The number of carbonyl (C=O) groups excluding carboxylic acids is 2. The van der Waals surface area contributed by atoms with Gasteiger partial charge in [0.2, 0.25) is 0 Å². The molecule has 132 valence electrons. The number of hydrogen-bond donors (Lipinski definition) is 1. The summed E-state index contributed by atoms with van der Waals surface area (Å²) in [5.74, 6) is 0.0779. The lowest BCUT2D eigenvalue weighted by atomic mass is 9.97. The molecule has 1 aliphatic heterocycles. The topological polar surface area (TPSA) is 90.7 Å². The Kier molecular flexibility index (Phi) is 4.94. The van der Waals surface area contributed by atoms with Gasteiger partial charge in [0.25, 0.3) is 5.91 Å². The second-order valence-corrected chi connectivity index (χ2v) is 6.29. The number of esters is 1. The number of carbonyl (C=O) groups is 2. The number of benzene rings is 1. The summed E-state index contributed by atoms with van der Waals surface area (Å²) in [6, 6.07) is 6.84. The van der Waals surface area contributed by atoms with E-state index in [-0.39, 0.29) is 12.4 Å². The third kappa shape index (κ3) is 4.11. The Morgan fingerprint density at radius 1 is 1.40 bits per heavy atom. The van der Waals surface area contributed by atoms with Gasteiger partial charge in [0.1, 0.15) is 18.1 Å². The Labute approximate surface area is 149 Å². The van der Waals surface area contributed by atoms with Crippen molar-refractivity contribution in [1.29, 1.82) is 0 Å². The summed E-state index contributed by atoms with van der Waals surface area (Å²) in [6.07, 6.45) is -0.517. The third-order valence-electron chi connectivity index (χ3n) is 3.80. The van der Waals surface area contributed by atoms with Gasteiger partial charge in [-0.1, -0.05) is 16.8 Å². The van der Waals surface area contributed by atoms with E-state index in [0.29, 0.717) is 23.0 Å². The number of amides is 1. The minimum atomic E-state index is -0.967. The molecular formula is C17H17ClN2O5. The van der Waals surface area contributed by atoms with Gasteiger partial charge in [0.05, 0.1) is 5.92 Å². The molecule has 7 nitrogen and oxygen atoms in total. The van der Waals surface area contributed by atoms with E-state index in [1.54, 1.807) is 31.2 Å². The first-order valence-corrected chi connectivity index (χ1v) is 8.16. The van der Waals surface area contributed by atoms with Crippen LogP contribution in [0.15, 0.2) is 28.8 Å². The SMILES string of the molecule is Cc1cc(NC(=O)C(C)OC(=O)C2COc3ccc(Cl)cc3C2)no1. The van der Waals surface area contributed by atoms with Crippen molar-refractivity contribution in [2.45, 2.75) is 26.4 Å². The van der Waals surface area contributed by atoms with Gasteiger partial charge in [0.15, 0.2) is 11.9 Å². The highest BCUT2D eigenvalue weighted by molar-refractivity contribution is 6.30. The van der Waals surface area contributed by atoms with Crippen molar-refractivity contribution in [1.82, 2.24) is 5.16 Å². The second-order valence-electron chi connectivity index (χ2n) is 5.86. The van der Waals surface area contributed by atoms with Crippen molar-refractivity contribution in [3.63, 3.8) is 0 Å². The van der Waals surface area contributed by atoms with Crippen LogP contribution in [0.4, 0.5) is 5.82 Å². The van der Waals surface area contributed by atoms with Crippen LogP contribution in [0.5, 0.6) is 5.75 Å². The van der Waals surface area contributed by atoms with E-state index in [0.717, 1.165) is 5.56 Å². The Bertz CT molecular complexity index is 804. The van der Waals surface area contributed by atoms with E-state index in [1.165, 1.54) is 6.92 Å². The number of anilines is 1. The molecule has 0 saturated heterocycles. The fourth-order valence-corrected chi connectivity index (χ4v) is 2.69. The number of aromatic nitrogens is 1. The van der Waals surface area contributed by atoms with Crippen LogP contribution < -0.4 is 10.1 Å². The highest BCUT2D eigenvalue weighted by Gasteiger charge is 2.30. The third-order valence-corrected chi connectivity index (χ3v) is 4.04. The predicted octanol–water partition coefficient (Wildman–Crippen LogP) is 2.76. The van der Waals surface area contributed by atoms with Crippen LogP contribution in [-0.4, -0.2) is 29.7 Å². The van der Waals surface area contributed by atoms with E-state index in [4.69, 9.17) is 25.6 Å². The summed E-state index contributed by atoms with van der Waals surface area (Å²) < 4.78 is 15.7.